The zero-order valence-electron chi connectivity index (χ0n) is 18.0. The van der Waals surface area contributed by atoms with Crippen molar-refractivity contribution < 1.29 is 19.1 Å². The predicted octanol–water partition coefficient (Wildman–Crippen LogP) is 2.69. The summed E-state index contributed by atoms with van der Waals surface area (Å²) in [4.78, 5) is 35.6. The van der Waals surface area contributed by atoms with Crippen LogP contribution in [0.4, 0.5) is 10.5 Å². The molecule has 164 valence electrons. The van der Waals surface area contributed by atoms with E-state index in [0.29, 0.717) is 55.4 Å². The molecular weight excluding hydrogens is 398 g/mol. The number of fused-ring (bicyclic) bond motifs is 1. The zero-order valence-corrected chi connectivity index (χ0v) is 18.0. The van der Waals surface area contributed by atoms with Crippen molar-refractivity contribution in [1.29, 1.82) is 0 Å². The minimum Gasteiger partial charge on any atom is -0.490 e. The molecule has 3 heterocycles. The number of carbonyl (C=O) groups is 2. The smallest absolute Gasteiger partial charge is 0.410 e. The third-order valence-electron chi connectivity index (χ3n) is 5.01. The molecule has 0 bridgehead atoms. The SMILES string of the molecule is CC(C)(C)OC(=O)N1CC[C@@H](NC(=O)c2cc3c(c(-c4ncccn4)c2)NCCO3)C1. The van der Waals surface area contributed by atoms with Gasteiger partial charge in [0.1, 0.15) is 18.0 Å². The Labute approximate surface area is 181 Å². The zero-order chi connectivity index (χ0) is 22.0. The van der Waals surface area contributed by atoms with Crippen LogP contribution in [-0.2, 0) is 4.74 Å². The standard InChI is InChI=1S/C22H27N5O4/c1-22(2,3)31-21(29)27-9-5-15(13-27)26-20(28)14-11-16(19-24-6-4-7-25-19)18-17(12-14)30-10-8-23-18/h4,6-7,11-12,15,23H,5,8-10,13H2,1-3H3,(H,26,28)/t15-/m1/s1. The Kier molecular flexibility index (Phi) is 5.67. The van der Waals surface area contributed by atoms with Gasteiger partial charge in [-0.15, -0.1) is 0 Å². The molecule has 0 radical (unpaired) electrons. The molecule has 0 unspecified atom stereocenters. The van der Waals surface area contributed by atoms with Crippen LogP contribution >= 0.6 is 0 Å². The maximum absolute atomic E-state index is 13.0. The Morgan fingerprint density at radius 3 is 2.77 bits per heavy atom. The summed E-state index contributed by atoms with van der Waals surface area (Å²) in [5.41, 5.74) is 1.40. The van der Waals surface area contributed by atoms with Crippen LogP contribution in [0, 0.1) is 0 Å². The molecule has 1 saturated heterocycles. The maximum Gasteiger partial charge on any atom is 0.410 e. The number of ether oxygens (including phenoxy) is 2. The number of nitrogens with zero attached hydrogens (tertiary/aromatic N) is 3. The minimum atomic E-state index is -0.550. The molecule has 31 heavy (non-hydrogen) atoms. The molecule has 2 amide bonds. The highest BCUT2D eigenvalue weighted by Crippen LogP contribution is 2.37. The molecule has 0 aliphatic carbocycles. The van der Waals surface area contributed by atoms with Gasteiger partial charge in [-0.3, -0.25) is 4.79 Å². The molecule has 0 spiro atoms. The molecule has 2 aromatic rings. The molecule has 2 N–H and O–H groups in total. The van der Waals surface area contributed by atoms with Gasteiger partial charge in [0.25, 0.3) is 5.91 Å². The van der Waals surface area contributed by atoms with Gasteiger partial charge < -0.3 is 25.0 Å². The third kappa shape index (κ3) is 4.87. The summed E-state index contributed by atoms with van der Waals surface area (Å²) in [5, 5.41) is 6.33. The number of anilines is 1. The lowest BCUT2D eigenvalue weighted by atomic mass is 10.0. The largest absolute Gasteiger partial charge is 0.490 e. The van der Waals surface area contributed by atoms with E-state index < -0.39 is 5.60 Å². The number of aromatic nitrogens is 2. The predicted molar refractivity (Wildman–Crippen MR) is 115 cm³/mol. The first-order chi connectivity index (χ1) is 14.8. The fraction of sp³-hybridized carbons (Fsp3) is 0.455. The van der Waals surface area contributed by atoms with Crippen LogP contribution in [0.1, 0.15) is 37.6 Å². The highest BCUT2D eigenvalue weighted by Gasteiger charge is 2.31. The molecule has 0 saturated carbocycles. The summed E-state index contributed by atoms with van der Waals surface area (Å²) < 4.78 is 11.2. The van der Waals surface area contributed by atoms with Crippen molar-refractivity contribution in [3.8, 4) is 17.1 Å². The Bertz CT molecular complexity index is 974. The van der Waals surface area contributed by atoms with Gasteiger partial charge in [0.2, 0.25) is 0 Å². The van der Waals surface area contributed by atoms with Gasteiger partial charge >= 0.3 is 6.09 Å². The van der Waals surface area contributed by atoms with E-state index in [0.717, 1.165) is 5.69 Å². The first kappa shape index (κ1) is 20.9. The molecule has 2 aliphatic heterocycles. The molecule has 9 nitrogen and oxygen atoms in total. The first-order valence-electron chi connectivity index (χ1n) is 10.4. The van der Waals surface area contributed by atoms with Crippen molar-refractivity contribution in [2.45, 2.75) is 38.8 Å². The fourth-order valence-corrected chi connectivity index (χ4v) is 3.63. The summed E-state index contributed by atoms with van der Waals surface area (Å²) in [5.74, 6) is 0.886. The minimum absolute atomic E-state index is 0.147. The monoisotopic (exact) mass is 425 g/mol. The van der Waals surface area contributed by atoms with Crippen molar-refractivity contribution in [3.63, 3.8) is 0 Å². The van der Waals surface area contributed by atoms with E-state index in [1.807, 2.05) is 20.8 Å². The van der Waals surface area contributed by atoms with Crippen molar-refractivity contribution in [2.75, 3.05) is 31.6 Å². The highest BCUT2D eigenvalue weighted by molar-refractivity contribution is 5.98. The Balaban J connectivity index is 1.50. The lowest BCUT2D eigenvalue weighted by Crippen LogP contribution is -2.40. The van der Waals surface area contributed by atoms with E-state index in [2.05, 4.69) is 20.6 Å². The van der Waals surface area contributed by atoms with Crippen LogP contribution < -0.4 is 15.4 Å². The van der Waals surface area contributed by atoms with Crippen LogP contribution in [0.25, 0.3) is 11.4 Å². The van der Waals surface area contributed by atoms with E-state index in [4.69, 9.17) is 9.47 Å². The summed E-state index contributed by atoms with van der Waals surface area (Å²) >= 11 is 0. The summed E-state index contributed by atoms with van der Waals surface area (Å²) in [6.07, 6.45) is 3.63. The molecular formula is C22H27N5O4. The van der Waals surface area contributed by atoms with Crippen molar-refractivity contribution in [2.24, 2.45) is 0 Å². The normalized spacial score (nSPS) is 17.9. The lowest BCUT2D eigenvalue weighted by molar-refractivity contribution is 0.0290. The number of hydrogen-bond donors (Lipinski definition) is 2. The number of amides is 2. The van der Waals surface area contributed by atoms with Crippen LogP contribution in [0.2, 0.25) is 0 Å². The maximum atomic E-state index is 13.0. The molecule has 1 fully saturated rings. The van der Waals surface area contributed by atoms with Crippen molar-refractivity contribution >= 4 is 17.7 Å². The first-order valence-corrected chi connectivity index (χ1v) is 10.4. The number of rotatable bonds is 3. The molecule has 1 atom stereocenters. The number of benzene rings is 1. The summed E-state index contributed by atoms with van der Waals surface area (Å²) in [6, 6.07) is 5.09. The van der Waals surface area contributed by atoms with Gasteiger partial charge in [0, 0.05) is 49.2 Å². The van der Waals surface area contributed by atoms with Gasteiger partial charge in [-0.1, -0.05) is 0 Å². The van der Waals surface area contributed by atoms with Crippen LogP contribution in [0.5, 0.6) is 5.75 Å². The third-order valence-corrected chi connectivity index (χ3v) is 5.01. The topological polar surface area (TPSA) is 106 Å². The molecule has 1 aromatic heterocycles. The van der Waals surface area contributed by atoms with Crippen molar-refractivity contribution in [3.05, 3.63) is 36.2 Å². The number of carbonyl (C=O) groups excluding carboxylic acids is 2. The van der Waals surface area contributed by atoms with Gasteiger partial charge in [-0.25, -0.2) is 14.8 Å². The fourth-order valence-electron chi connectivity index (χ4n) is 3.63. The van der Waals surface area contributed by atoms with Crippen LogP contribution in [0.15, 0.2) is 30.6 Å². The van der Waals surface area contributed by atoms with Crippen LogP contribution in [-0.4, -0.2) is 64.8 Å². The average Bonchev–Trinajstić information content (AvgIpc) is 3.21. The van der Waals surface area contributed by atoms with Gasteiger partial charge in [-0.05, 0) is 45.4 Å². The number of likely N-dealkylation sites (tertiary alicyclic amines) is 1. The van der Waals surface area contributed by atoms with E-state index in [9.17, 15) is 9.59 Å². The second kappa shape index (κ2) is 8.41. The van der Waals surface area contributed by atoms with Crippen LogP contribution in [0.3, 0.4) is 0 Å². The Morgan fingerprint density at radius 1 is 1.26 bits per heavy atom. The Morgan fingerprint density at radius 2 is 2.03 bits per heavy atom. The van der Waals surface area contributed by atoms with Gasteiger partial charge in [0.15, 0.2) is 5.82 Å². The second-order valence-corrected chi connectivity index (χ2v) is 8.63. The summed E-state index contributed by atoms with van der Waals surface area (Å²) in [6.45, 7) is 7.64. The second-order valence-electron chi connectivity index (χ2n) is 8.63. The average molecular weight is 425 g/mol. The number of nitrogens with one attached hydrogen (secondary N) is 2. The molecule has 4 rings (SSSR count). The summed E-state index contributed by atoms with van der Waals surface area (Å²) in [7, 11) is 0. The molecule has 9 heteroatoms. The van der Waals surface area contributed by atoms with E-state index >= 15 is 0 Å². The Hall–Kier alpha value is -3.36. The van der Waals surface area contributed by atoms with Crippen molar-refractivity contribution in [1.82, 2.24) is 20.2 Å². The number of hydrogen-bond acceptors (Lipinski definition) is 7. The van der Waals surface area contributed by atoms with E-state index in [1.54, 1.807) is 35.5 Å². The van der Waals surface area contributed by atoms with Gasteiger partial charge in [0.05, 0.1) is 5.69 Å². The lowest BCUT2D eigenvalue weighted by Gasteiger charge is -2.24. The van der Waals surface area contributed by atoms with E-state index in [1.165, 1.54) is 0 Å². The molecule has 1 aromatic carbocycles. The van der Waals surface area contributed by atoms with Gasteiger partial charge in [-0.2, -0.15) is 0 Å². The molecule has 2 aliphatic rings. The quantitative estimate of drug-likeness (QED) is 0.779. The van der Waals surface area contributed by atoms with E-state index in [-0.39, 0.29) is 18.0 Å². The highest BCUT2D eigenvalue weighted by atomic mass is 16.6.